The third-order valence-corrected chi connectivity index (χ3v) is 3.85. The Kier molecular flexibility index (Phi) is 4.25. The molecule has 3 nitrogen and oxygen atoms in total. The maximum absolute atomic E-state index is 10.0. The third-order valence-electron chi connectivity index (χ3n) is 3.85. The van der Waals surface area contributed by atoms with Crippen molar-refractivity contribution >= 4 is 0 Å². The number of aromatic hydroxyl groups is 1. The van der Waals surface area contributed by atoms with Crippen molar-refractivity contribution in [2.45, 2.75) is 33.4 Å². The maximum Gasteiger partial charge on any atom is 0.122 e. The van der Waals surface area contributed by atoms with Gasteiger partial charge in [-0.2, -0.15) is 0 Å². The Morgan fingerprint density at radius 1 is 1.17 bits per heavy atom. The van der Waals surface area contributed by atoms with E-state index in [2.05, 4.69) is 23.6 Å². The second-order valence-corrected chi connectivity index (χ2v) is 5.49. The first-order valence-corrected chi connectivity index (χ1v) is 6.82. The highest BCUT2D eigenvalue weighted by Gasteiger charge is 2.19. The number of phenolic OH excluding ortho intramolecular Hbond substituents is 1. The highest BCUT2D eigenvalue weighted by molar-refractivity contribution is 5.39. The summed E-state index contributed by atoms with van der Waals surface area (Å²) in [6.07, 6.45) is 0. The predicted molar refractivity (Wildman–Crippen MR) is 74.8 cm³/mol. The molecule has 1 aliphatic rings. The van der Waals surface area contributed by atoms with Gasteiger partial charge >= 0.3 is 0 Å². The van der Waals surface area contributed by atoms with Gasteiger partial charge in [0.15, 0.2) is 0 Å². The van der Waals surface area contributed by atoms with Crippen LogP contribution in [0.25, 0.3) is 0 Å². The zero-order valence-electron chi connectivity index (χ0n) is 11.7. The summed E-state index contributed by atoms with van der Waals surface area (Å²) >= 11 is 0. The molecule has 0 spiro atoms. The Bertz CT molecular complexity index is 395. The number of aryl methyl sites for hydroxylation is 1. The molecule has 2 rings (SSSR count). The van der Waals surface area contributed by atoms with Crippen LogP contribution >= 0.6 is 0 Å². The van der Waals surface area contributed by atoms with Crippen LogP contribution in [0.1, 0.15) is 25.0 Å². The number of nitrogens with zero attached hydrogens (tertiary/aromatic N) is 2. The van der Waals surface area contributed by atoms with E-state index in [0.29, 0.717) is 11.8 Å². The summed E-state index contributed by atoms with van der Waals surface area (Å²) in [6.45, 7) is 11.8. The normalized spacial score (nSPS) is 18.4. The Balaban J connectivity index is 1.94. The number of benzene rings is 1. The van der Waals surface area contributed by atoms with E-state index < -0.39 is 0 Å². The van der Waals surface area contributed by atoms with Gasteiger partial charge in [0.05, 0.1) is 0 Å². The van der Waals surface area contributed by atoms with Crippen molar-refractivity contribution < 1.29 is 5.11 Å². The summed E-state index contributed by atoms with van der Waals surface area (Å²) in [5.74, 6) is 0.462. The van der Waals surface area contributed by atoms with Crippen LogP contribution < -0.4 is 0 Å². The average molecular weight is 248 g/mol. The minimum atomic E-state index is 0.462. The van der Waals surface area contributed by atoms with E-state index in [9.17, 15) is 5.11 Å². The number of hydrogen-bond acceptors (Lipinski definition) is 3. The fourth-order valence-corrected chi connectivity index (χ4v) is 2.53. The van der Waals surface area contributed by atoms with Crippen LogP contribution in [0.3, 0.4) is 0 Å². The number of para-hydroxylation sites is 1. The van der Waals surface area contributed by atoms with Crippen LogP contribution in [0.15, 0.2) is 18.2 Å². The molecule has 0 aliphatic carbocycles. The first kappa shape index (κ1) is 13.4. The molecular weight excluding hydrogens is 224 g/mol. The van der Waals surface area contributed by atoms with E-state index in [0.717, 1.165) is 43.9 Å². The highest BCUT2D eigenvalue weighted by Crippen LogP contribution is 2.23. The molecule has 1 saturated heterocycles. The molecule has 3 heteroatoms. The molecule has 18 heavy (non-hydrogen) atoms. The van der Waals surface area contributed by atoms with Crippen molar-refractivity contribution in [1.29, 1.82) is 0 Å². The molecule has 1 aromatic rings. The fraction of sp³-hybridized carbons (Fsp3) is 0.600. The summed E-state index contributed by atoms with van der Waals surface area (Å²) in [6, 6.07) is 6.64. The quantitative estimate of drug-likeness (QED) is 0.888. The summed E-state index contributed by atoms with van der Waals surface area (Å²) in [5, 5.41) is 10.0. The van der Waals surface area contributed by atoms with Crippen molar-refractivity contribution in [2.24, 2.45) is 0 Å². The van der Waals surface area contributed by atoms with Crippen molar-refractivity contribution in [1.82, 2.24) is 9.80 Å². The lowest BCUT2D eigenvalue weighted by molar-refractivity contribution is 0.103. The van der Waals surface area contributed by atoms with Crippen LogP contribution in [0, 0.1) is 6.92 Å². The molecule has 1 fully saturated rings. The largest absolute Gasteiger partial charge is 0.507 e. The molecule has 0 radical (unpaired) electrons. The van der Waals surface area contributed by atoms with Gasteiger partial charge in [0.2, 0.25) is 0 Å². The van der Waals surface area contributed by atoms with E-state index in [1.807, 2.05) is 25.1 Å². The highest BCUT2D eigenvalue weighted by atomic mass is 16.3. The second kappa shape index (κ2) is 5.72. The van der Waals surface area contributed by atoms with Crippen LogP contribution in [0.2, 0.25) is 0 Å². The Labute approximate surface area is 110 Å². The van der Waals surface area contributed by atoms with Crippen molar-refractivity contribution in [3.63, 3.8) is 0 Å². The van der Waals surface area contributed by atoms with E-state index in [1.165, 1.54) is 0 Å². The minimum absolute atomic E-state index is 0.462. The minimum Gasteiger partial charge on any atom is -0.507 e. The monoisotopic (exact) mass is 248 g/mol. The van der Waals surface area contributed by atoms with Crippen molar-refractivity contribution in [3.8, 4) is 5.75 Å². The van der Waals surface area contributed by atoms with Crippen LogP contribution in [0.4, 0.5) is 0 Å². The Morgan fingerprint density at radius 2 is 1.83 bits per heavy atom. The topological polar surface area (TPSA) is 26.7 Å². The van der Waals surface area contributed by atoms with Crippen LogP contribution in [0.5, 0.6) is 5.75 Å². The Morgan fingerprint density at radius 3 is 2.44 bits per heavy atom. The lowest BCUT2D eigenvalue weighted by Gasteiger charge is -2.37. The number of phenols is 1. The third kappa shape index (κ3) is 3.03. The van der Waals surface area contributed by atoms with Gasteiger partial charge in [0.25, 0.3) is 0 Å². The standard InChI is InChI=1S/C15H24N2O/c1-12(2)17-9-7-16(8-10-17)11-14-6-4-5-13(3)15(14)18/h4-6,12,18H,7-11H2,1-3H3. The first-order chi connectivity index (χ1) is 8.58. The zero-order valence-corrected chi connectivity index (χ0v) is 11.7. The van der Waals surface area contributed by atoms with Gasteiger partial charge in [-0.05, 0) is 26.3 Å². The Hall–Kier alpha value is -1.06. The molecule has 0 bridgehead atoms. The van der Waals surface area contributed by atoms with Gasteiger partial charge in [-0.1, -0.05) is 18.2 Å². The molecule has 0 saturated carbocycles. The molecule has 1 aromatic carbocycles. The van der Waals surface area contributed by atoms with E-state index in [1.54, 1.807) is 0 Å². The smallest absolute Gasteiger partial charge is 0.122 e. The molecule has 1 heterocycles. The molecule has 1 aliphatic heterocycles. The molecule has 100 valence electrons. The predicted octanol–water partition coefficient (Wildman–Crippen LogP) is 2.23. The summed E-state index contributed by atoms with van der Waals surface area (Å²) in [5.41, 5.74) is 2.02. The fourth-order valence-electron chi connectivity index (χ4n) is 2.53. The molecule has 0 amide bonds. The van der Waals surface area contributed by atoms with Gasteiger partial charge < -0.3 is 5.11 Å². The van der Waals surface area contributed by atoms with E-state index in [4.69, 9.17) is 0 Å². The number of piperazine rings is 1. The first-order valence-electron chi connectivity index (χ1n) is 6.82. The lowest BCUT2D eigenvalue weighted by Crippen LogP contribution is -2.48. The molecule has 0 unspecified atom stereocenters. The summed E-state index contributed by atoms with van der Waals surface area (Å²) < 4.78 is 0. The van der Waals surface area contributed by atoms with E-state index >= 15 is 0 Å². The average Bonchev–Trinajstić information content (AvgIpc) is 2.36. The maximum atomic E-state index is 10.0. The van der Waals surface area contributed by atoms with Crippen LogP contribution in [-0.4, -0.2) is 47.1 Å². The van der Waals surface area contributed by atoms with E-state index in [-0.39, 0.29) is 0 Å². The molecule has 1 N–H and O–H groups in total. The van der Waals surface area contributed by atoms with Gasteiger partial charge in [-0.15, -0.1) is 0 Å². The second-order valence-electron chi connectivity index (χ2n) is 5.49. The van der Waals surface area contributed by atoms with Gasteiger partial charge in [0.1, 0.15) is 5.75 Å². The van der Waals surface area contributed by atoms with Crippen molar-refractivity contribution in [3.05, 3.63) is 29.3 Å². The number of rotatable bonds is 3. The molecular formula is C15H24N2O. The number of hydrogen-bond donors (Lipinski definition) is 1. The van der Waals surface area contributed by atoms with Crippen molar-refractivity contribution in [2.75, 3.05) is 26.2 Å². The molecule has 0 aromatic heterocycles. The van der Waals surface area contributed by atoms with Gasteiger partial charge in [0, 0.05) is 44.3 Å². The summed E-state index contributed by atoms with van der Waals surface area (Å²) in [4.78, 5) is 4.93. The van der Waals surface area contributed by atoms with Crippen LogP contribution in [-0.2, 0) is 6.54 Å². The SMILES string of the molecule is Cc1cccc(CN2CCN(C(C)C)CC2)c1O. The lowest BCUT2D eigenvalue weighted by atomic mass is 10.1. The van der Waals surface area contributed by atoms with Gasteiger partial charge in [-0.3, -0.25) is 9.80 Å². The summed E-state index contributed by atoms with van der Waals surface area (Å²) in [7, 11) is 0. The van der Waals surface area contributed by atoms with Gasteiger partial charge in [-0.25, -0.2) is 0 Å². The zero-order chi connectivity index (χ0) is 13.1. The molecule has 0 atom stereocenters.